The molecule has 4 aromatic rings. The Labute approximate surface area is 591 Å². The lowest BCUT2D eigenvalue weighted by atomic mass is 9.84. The lowest BCUT2D eigenvalue weighted by Crippen LogP contribution is -2.66. The van der Waals surface area contributed by atoms with Crippen molar-refractivity contribution in [3.05, 3.63) is 128 Å². The number of hydrogen-bond donors (Lipinski definition) is 18. The molecule has 19 atom stereocenters. The topological polar surface area (TPSA) is 513 Å². The van der Waals surface area contributed by atoms with E-state index < -0.39 is 233 Å². The number of allylic oxidation sites excluding steroid dienone is 2. The second-order valence-corrected chi connectivity index (χ2v) is 26.8. The van der Waals surface area contributed by atoms with E-state index in [1.165, 1.54) is 33.0 Å². The summed E-state index contributed by atoms with van der Waals surface area (Å²) < 4.78 is 38.4. The van der Waals surface area contributed by atoms with Crippen molar-refractivity contribution in [3.8, 4) is 34.5 Å². The number of carboxylic acids is 1. The molecule has 2 saturated heterocycles. The number of hydrogen-bond acceptors (Lipinski definition) is 24. The molecule has 12 rings (SSSR count). The quantitative estimate of drug-likeness (QED) is 0.0723. The summed E-state index contributed by atoms with van der Waals surface area (Å²) in [6.07, 6.45) is -17.3. The van der Waals surface area contributed by atoms with E-state index in [-0.39, 0.29) is 50.9 Å². The molecule has 1 unspecified atom stereocenters. The summed E-state index contributed by atoms with van der Waals surface area (Å²) in [6.45, 7) is 5.48. The van der Waals surface area contributed by atoms with Gasteiger partial charge in [0.15, 0.2) is 29.7 Å². The van der Waals surface area contributed by atoms with Gasteiger partial charge < -0.3 is 123 Å². The molecule has 0 aromatic heterocycles. The second kappa shape index (κ2) is 30.8. The van der Waals surface area contributed by atoms with E-state index in [2.05, 4.69) is 42.5 Å². The minimum atomic E-state index is -2.33. The van der Waals surface area contributed by atoms with Crippen molar-refractivity contribution < 1.29 is 118 Å². The van der Waals surface area contributed by atoms with Crippen molar-refractivity contribution in [2.75, 3.05) is 13.7 Å². The number of aliphatic carboxylic acids is 1. The third kappa shape index (κ3) is 16.0. The number of aliphatic hydroxyl groups excluding tert-OH is 7. The maximum Gasteiger partial charge on any atom is 0.330 e. The number of benzene rings is 4. The van der Waals surface area contributed by atoms with Crippen LogP contribution in [0.4, 0.5) is 4.79 Å². The monoisotopic (exact) mass is 1460 g/mol. The third-order valence-electron chi connectivity index (χ3n) is 18.1. The molecule has 33 nitrogen and oxygen atoms in total. The predicted molar refractivity (Wildman–Crippen MR) is 353 cm³/mol. The predicted octanol–water partition coefficient (Wildman–Crippen LogP) is -0.260. The molecule has 2 fully saturated rings. The number of nitrogens with two attached hydrogens (primary N) is 1. The number of nitrogens with one attached hydrogen (secondary N) is 8. The van der Waals surface area contributed by atoms with Gasteiger partial charge >= 0.3 is 5.97 Å². The number of phenols is 1. The first-order valence-corrected chi connectivity index (χ1v) is 32.7. The van der Waals surface area contributed by atoms with Crippen LogP contribution in [0.2, 0.25) is 10.0 Å². The van der Waals surface area contributed by atoms with Crippen molar-refractivity contribution in [1.82, 2.24) is 42.5 Å². The number of phenolic OH excluding ortho intramolecular Hbond substituents is 1. The van der Waals surface area contributed by atoms with Crippen molar-refractivity contribution in [2.45, 2.75) is 162 Å². The molecule has 2 radical (unpaired) electrons. The number of ether oxygens (including phenoxy) is 6. The zero-order valence-corrected chi connectivity index (χ0v) is 56.4. The van der Waals surface area contributed by atoms with Crippen LogP contribution >= 0.6 is 23.2 Å². The van der Waals surface area contributed by atoms with Crippen LogP contribution in [0.25, 0.3) is 0 Å². The van der Waals surface area contributed by atoms with E-state index >= 15 is 14.4 Å². The smallest absolute Gasteiger partial charge is 0.330 e. The second-order valence-electron chi connectivity index (χ2n) is 25.9. The highest BCUT2D eigenvalue weighted by atomic mass is 35.5. The number of likely N-dealkylation sites (N-methyl/N-ethyl adjacent to an activating group) is 1. The molecule has 544 valence electrons. The van der Waals surface area contributed by atoms with Crippen LogP contribution in [0.15, 0.2) is 90.2 Å². The maximum atomic E-state index is 16.0. The van der Waals surface area contributed by atoms with Crippen LogP contribution in [-0.2, 0) is 52.6 Å². The van der Waals surface area contributed by atoms with Crippen LogP contribution in [-0.4, -0.2) is 206 Å². The summed E-state index contributed by atoms with van der Waals surface area (Å²) in [5.41, 5.74) is 2.58. The van der Waals surface area contributed by atoms with Gasteiger partial charge in [0.25, 0.3) is 0 Å². The summed E-state index contributed by atoms with van der Waals surface area (Å²) in [4.78, 5) is 129. The summed E-state index contributed by atoms with van der Waals surface area (Å²) in [5, 5.41) is 122. The molecular formula is C66H74BCl2N9O24. The molecule has 36 heteroatoms. The largest absolute Gasteiger partial charge is 0.508 e. The Kier molecular flexibility index (Phi) is 22.8. The van der Waals surface area contributed by atoms with Crippen LogP contribution in [0, 0.1) is 5.92 Å². The van der Waals surface area contributed by atoms with E-state index in [4.69, 9.17) is 65.2 Å². The van der Waals surface area contributed by atoms with Crippen molar-refractivity contribution in [1.29, 1.82) is 0 Å². The van der Waals surface area contributed by atoms with Gasteiger partial charge in [0, 0.05) is 17.9 Å². The van der Waals surface area contributed by atoms with Gasteiger partial charge in [-0.1, -0.05) is 55.2 Å². The van der Waals surface area contributed by atoms with Crippen molar-refractivity contribution >= 4 is 84.2 Å². The molecule has 0 spiro atoms. The Morgan fingerprint density at radius 1 is 0.755 bits per heavy atom. The molecule has 4 aromatic carbocycles. The summed E-state index contributed by atoms with van der Waals surface area (Å²) in [7, 11) is 6.99. The highest BCUT2D eigenvalue weighted by Gasteiger charge is 2.52. The molecule has 0 saturated carbocycles. The lowest BCUT2D eigenvalue weighted by Gasteiger charge is -2.48. The fraction of sp³-hybridized carbons (Fsp3) is 0.439. The van der Waals surface area contributed by atoms with Gasteiger partial charge in [-0.25, -0.2) is 4.79 Å². The SMILES string of the molecule is [B]C(=O)N[C@@]1(C)C[C@H](O[C@H]2[C@H](Oc3c4cc5cc3Oc3ccc(cc3Cl)[C@@H](O)[C@@H](NC(=O)[C@@H](CC(C)C)NC)C(=O)N[C@@H](CC(N)=O)C(=O)N[C@H]5C(=O)N[C@H]3C(=O)N[C@H](C(=O)N[C@H](C(=O)O)C5=CC(O)=CC5c5cc3ccc5O)[C@H](O)c3ccc(c(Cl)c3)O4)O[C@H](CO)[C@@H](O)[C@@H]2O)O[C@@H](C)[C@H]1O. The van der Waals surface area contributed by atoms with Gasteiger partial charge in [-0.3, -0.25) is 38.4 Å². The highest BCUT2D eigenvalue weighted by Crippen LogP contribution is 2.49. The molecule has 102 heavy (non-hydrogen) atoms. The number of rotatable bonds is 14. The van der Waals surface area contributed by atoms with Gasteiger partial charge in [-0.2, -0.15) is 0 Å². The summed E-state index contributed by atoms with van der Waals surface area (Å²) >= 11 is 14.1. The maximum absolute atomic E-state index is 16.0. The first-order valence-electron chi connectivity index (χ1n) is 32.0. The standard InChI is InChI=1S/C66H74BCl2N9O24/c1-23(2)12-35(71-5)57(88)76-48-50(83)26-7-10-38(33(68)14-26)98-40-16-28-17-41(54(40)102-64-55(53(86)52(85)42(22-79)100-64)101-44-21-66(4,78-65(67)96)56(87)24(3)97-44)99-39-11-8-27(15-34(39)69)51(84)49-62(93)75-47(63(94)95)32-19-29(80)18-30(32)31-13-25(6-9-37(31)81)45(59(90)77-49)74-60(91)46(28)73-58(89)36(20-43(70)82)72-61(48)92/h6-11,13-19,23-24,30,35-36,42,44-53,55-56,64,71,79-81,83-87H,12,20-22H2,1-5H3,(H2,70,82)(H,72,92)(H,73,89)(H,74,91)(H,75,93)(H,76,88)(H,77,90)(H,78,96)(H,94,95)/t24-,30?,35+,36-,42+,44-,45+,46+,47-,48+,49-,50+,51+,52+,53-,55+,56+,64-,66-/m0/s1. The number of halogens is 2. The van der Waals surface area contributed by atoms with E-state index in [1.54, 1.807) is 0 Å². The highest BCUT2D eigenvalue weighted by molar-refractivity contribution is 6.57. The third-order valence-corrected chi connectivity index (χ3v) is 18.7. The van der Waals surface area contributed by atoms with Crippen LogP contribution < -0.4 is 62.5 Å². The van der Waals surface area contributed by atoms with Gasteiger partial charge in [0.2, 0.25) is 61.2 Å². The zero-order valence-electron chi connectivity index (χ0n) is 54.9. The number of fused-ring (bicyclic) bond motifs is 15. The molecule has 19 N–H and O–H groups in total. The molecule has 7 heterocycles. The number of aromatic hydroxyl groups is 1. The fourth-order valence-corrected chi connectivity index (χ4v) is 13.4. The summed E-state index contributed by atoms with van der Waals surface area (Å²) in [6, 6.07) is -1.60. The molecule has 7 aliphatic heterocycles. The van der Waals surface area contributed by atoms with E-state index in [9.17, 15) is 74.7 Å². The van der Waals surface area contributed by atoms with Crippen LogP contribution in [0.1, 0.15) is 105 Å². The lowest BCUT2D eigenvalue weighted by molar-refractivity contribution is -0.334. The van der Waals surface area contributed by atoms with Crippen LogP contribution in [0.5, 0.6) is 34.5 Å². The number of aliphatic hydroxyl groups is 7. The molecule has 8 aliphatic rings. The fourth-order valence-electron chi connectivity index (χ4n) is 12.9. The van der Waals surface area contributed by atoms with E-state index in [0.29, 0.717) is 0 Å². The van der Waals surface area contributed by atoms with Gasteiger partial charge in [-0.15, -0.1) is 0 Å². The number of primary amides is 1. The Bertz CT molecular complexity index is 4060. The minimum absolute atomic E-state index is 0.0982. The van der Waals surface area contributed by atoms with Crippen LogP contribution in [0.3, 0.4) is 0 Å². The Hall–Kier alpha value is -9.17. The van der Waals surface area contributed by atoms with Crippen molar-refractivity contribution in [3.63, 3.8) is 0 Å². The molecule has 8 amide bonds. The number of carbonyl (C=O) groups is 9. The number of amides is 8. The Morgan fingerprint density at radius 2 is 1.36 bits per heavy atom. The molecular weight excluding hydrogens is 1380 g/mol. The normalized spacial score (nSPS) is 30.6. The first-order chi connectivity index (χ1) is 48.2. The van der Waals surface area contributed by atoms with Gasteiger partial charge in [-0.05, 0) is 122 Å². The number of carboxylic acid groups (broad SMARTS) is 1. The van der Waals surface area contributed by atoms with E-state index in [0.717, 1.165) is 66.7 Å². The average Bonchev–Trinajstić information content (AvgIpc) is 1.27. The van der Waals surface area contributed by atoms with E-state index in [1.807, 2.05) is 13.8 Å². The van der Waals surface area contributed by atoms with Gasteiger partial charge in [0.05, 0.1) is 40.8 Å². The Balaban J connectivity index is 1.22. The number of carbonyl (C=O) groups excluding carboxylic acids is 8. The van der Waals surface area contributed by atoms with Gasteiger partial charge in [0.1, 0.15) is 95.9 Å². The minimum Gasteiger partial charge on any atom is -0.508 e. The van der Waals surface area contributed by atoms with Crippen molar-refractivity contribution in [2.24, 2.45) is 11.7 Å². The average molecular weight is 1460 g/mol. The summed E-state index contributed by atoms with van der Waals surface area (Å²) in [5.74, 6) is -16.9. The zero-order chi connectivity index (χ0) is 74.2. The first kappa shape index (κ1) is 75.5. The Morgan fingerprint density at radius 3 is 1.95 bits per heavy atom. The molecule has 11 bridgehead atoms. The molecule has 1 aliphatic carbocycles.